The average Bonchev–Trinajstić information content (AvgIpc) is 2.63. The van der Waals surface area contributed by atoms with Crippen molar-refractivity contribution in [1.29, 1.82) is 0 Å². The largest absolute Gasteiger partial charge is 0.351 e. The van der Waals surface area contributed by atoms with E-state index in [1.165, 1.54) is 29.1 Å². The van der Waals surface area contributed by atoms with Crippen molar-refractivity contribution in [2.75, 3.05) is 32.7 Å². The number of hydrogen-bond acceptors (Lipinski definition) is 5. The highest BCUT2D eigenvalue weighted by molar-refractivity contribution is 7.89. The first-order valence-corrected chi connectivity index (χ1v) is 12.2. The van der Waals surface area contributed by atoms with Gasteiger partial charge in [0.2, 0.25) is 15.9 Å². The fourth-order valence-corrected chi connectivity index (χ4v) is 5.83. The molecule has 0 bridgehead atoms. The van der Waals surface area contributed by atoms with E-state index in [0.29, 0.717) is 24.9 Å². The van der Waals surface area contributed by atoms with E-state index < -0.39 is 15.6 Å². The average molecular weight is 441 g/mol. The lowest BCUT2D eigenvalue weighted by molar-refractivity contribution is -0.122. The summed E-state index contributed by atoms with van der Waals surface area (Å²) in [6, 6.07) is 2.43. The summed E-state index contributed by atoms with van der Waals surface area (Å²) in [4.78, 5) is 27.1. The standard InChI is InChI=1S/C21H36N4O4S/c1-6-25(7-2)30(28,29)19-8-9-21(27)24(14-19)15-20(26)22-18(5)13-23-11-16(3)10-17(4)12-23/h8-9,14,16-18H,6-7,10-13,15H2,1-5H3,(H,22,26). The van der Waals surface area contributed by atoms with E-state index in [2.05, 4.69) is 24.1 Å². The molecule has 2 rings (SSSR count). The van der Waals surface area contributed by atoms with Crippen LogP contribution in [0.15, 0.2) is 28.0 Å². The van der Waals surface area contributed by atoms with Crippen molar-refractivity contribution in [2.45, 2.75) is 58.5 Å². The second kappa shape index (κ2) is 10.5. The molecule has 170 valence electrons. The Hall–Kier alpha value is -1.71. The smallest absolute Gasteiger partial charge is 0.251 e. The molecule has 1 aromatic heterocycles. The summed E-state index contributed by atoms with van der Waals surface area (Å²) in [7, 11) is -3.69. The first-order chi connectivity index (χ1) is 14.1. The first-order valence-electron chi connectivity index (χ1n) is 10.8. The highest BCUT2D eigenvalue weighted by atomic mass is 32.2. The maximum absolute atomic E-state index is 12.7. The number of carbonyl (C=O) groups is 1. The van der Waals surface area contributed by atoms with E-state index in [1.54, 1.807) is 13.8 Å². The molecule has 1 aliphatic heterocycles. The predicted molar refractivity (Wildman–Crippen MR) is 118 cm³/mol. The second-order valence-corrected chi connectivity index (χ2v) is 10.5. The number of nitrogens with one attached hydrogen (secondary N) is 1. The van der Waals surface area contributed by atoms with Gasteiger partial charge in [0.1, 0.15) is 6.54 Å². The van der Waals surface area contributed by atoms with Crippen LogP contribution < -0.4 is 10.9 Å². The molecule has 1 amide bonds. The van der Waals surface area contributed by atoms with Crippen molar-refractivity contribution >= 4 is 15.9 Å². The van der Waals surface area contributed by atoms with E-state index >= 15 is 0 Å². The van der Waals surface area contributed by atoms with Crippen LogP contribution in [0.3, 0.4) is 0 Å². The van der Waals surface area contributed by atoms with Crippen LogP contribution >= 0.6 is 0 Å². The Bertz CT molecular complexity index is 869. The number of pyridine rings is 1. The number of sulfonamides is 1. The van der Waals surface area contributed by atoms with Crippen molar-refractivity contribution in [3.63, 3.8) is 0 Å². The van der Waals surface area contributed by atoms with Gasteiger partial charge in [-0.25, -0.2) is 8.42 Å². The molecule has 1 aromatic rings. The summed E-state index contributed by atoms with van der Waals surface area (Å²) < 4.78 is 27.9. The van der Waals surface area contributed by atoms with Crippen LogP contribution in [0.5, 0.6) is 0 Å². The molecular formula is C21H36N4O4S. The van der Waals surface area contributed by atoms with Crippen molar-refractivity contribution in [3.8, 4) is 0 Å². The van der Waals surface area contributed by atoms with Crippen molar-refractivity contribution < 1.29 is 13.2 Å². The Morgan fingerprint density at radius 2 is 1.80 bits per heavy atom. The molecule has 1 saturated heterocycles. The fraction of sp³-hybridized carbons (Fsp3) is 0.714. The van der Waals surface area contributed by atoms with Gasteiger partial charge in [-0.05, 0) is 31.2 Å². The van der Waals surface area contributed by atoms with E-state index in [-0.39, 0.29) is 23.4 Å². The Morgan fingerprint density at radius 3 is 2.37 bits per heavy atom. The monoisotopic (exact) mass is 440 g/mol. The molecule has 9 heteroatoms. The minimum atomic E-state index is -3.69. The summed E-state index contributed by atoms with van der Waals surface area (Å²) >= 11 is 0. The van der Waals surface area contributed by atoms with Crippen LogP contribution in [0.4, 0.5) is 0 Å². The Kier molecular flexibility index (Phi) is 8.63. The van der Waals surface area contributed by atoms with E-state index in [1.807, 2.05) is 6.92 Å². The highest BCUT2D eigenvalue weighted by Gasteiger charge is 2.24. The van der Waals surface area contributed by atoms with Crippen LogP contribution in [0.25, 0.3) is 0 Å². The van der Waals surface area contributed by atoms with Gasteiger partial charge in [-0.2, -0.15) is 4.31 Å². The van der Waals surface area contributed by atoms with Crippen molar-refractivity contribution in [3.05, 3.63) is 28.7 Å². The van der Waals surface area contributed by atoms with Gasteiger partial charge >= 0.3 is 0 Å². The quantitative estimate of drug-likeness (QED) is 0.626. The van der Waals surface area contributed by atoms with Crippen molar-refractivity contribution in [2.24, 2.45) is 11.8 Å². The zero-order chi connectivity index (χ0) is 22.5. The molecule has 3 unspecified atom stereocenters. The number of likely N-dealkylation sites (tertiary alicyclic amines) is 1. The van der Waals surface area contributed by atoms with Crippen LogP contribution in [0.1, 0.15) is 41.0 Å². The molecule has 0 radical (unpaired) electrons. The van der Waals surface area contributed by atoms with Gasteiger partial charge in [0, 0.05) is 51.0 Å². The maximum Gasteiger partial charge on any atom is 0.251 e. The van der Waals surface area contributed by atoms with E-state index in [9.17, 15) is 18.0 Å². The molecule has 0 aliphatic carbocycles. The third-order valence-electron chi connectivity index (χ3n) is 5.50. The Balaban J connectivity index is 2.03. The Labute approximate surface area is 180 Å². The number of nitrogens with zero attached hydrogens (tertiary/aromatic N) is 3. The number of rotatable bonds is 9. The summed E-state index contributed by atoms with van der Waals surface area (Å²) in [6.07, 6.45) is 2.49. The molecule has 8 nitrogen and oxygen atoms in total. The molecule has 0 aromatic carbocycles. The zero-order valence-electron chi connectivity index (χ0n) is 18.8. The lowest BCUT2D eigenvalue weighted by Gasteiger charge is -2.36. The van der Waals surface area contributed by atoms with Gasteiger partial charge in [0.05, 0.1) is 4.90 Å². The molecule has 1 fully saturated rings. The number of aromatic nitrogens is 1. The molecular weight excluding hydrogens is 404 g/mol. The van der Waals surface area contributed by atoms with Gasteiger partial charge in [-0.15, -0.1) is 0 Å². The molecule has 0 spiro atoms. The number of amides is 1. The molecule has 1 aliphatic rings. The fourth-order valence-electron chi connectivity index (χ4n) is 4.35. The lowest BCUT2D eigenvalue weighted by atomic mass is 9.92. The topological polar surface area (TPSA) is 91.7 Å². The van der Waals surface area contributed by atoms with E-state index in [4.69, 9.17) is 0 Å². The minimum Gasteiger partial charge on any atom is -0.351 e. The zero-order valence-corrected chi connectivity index (χ0v) is 19.6. The normalized spacial score (nSPS) is 21.5. The van der Waals surface area contributed by atoms with Gasteiger partial charge in [-0.3, -0.25) is 9.59 Å². The van der Waals surface area contributed by atoms with Gasteiger partial charge in [-0.1, -0.05) is 27.7 Å². The van der Waals surface area contributed by atoms with Gasteiger partial charge < -0.3 is 14.8 Å². The third kappa shape index (κ3) is 6.39. The SMILES string of the molecule is CCN(CC)S(=O)(=O)c1ccc(=O)n(CC(=O)NC(C)CN2CC(C)CC(C)C2)c1. The lowest BCUT2D eigenvalue weighted by Crippen LogP contribution is -2.47. The van der Waals surface area contributed by atoms with Crippen molar-refractivity contribution in [1.82, 2.24) is 19.1 Å². The molecule has 30 heavy (non-hydrogen) atoms. The van der Waals surface area contributed by atoms with E-state index in [0.717, 1.165) is 24.2 Å². The third-order valence-corrected chi connectivity index (χ3v) is 7.53. The number of piperidine rings is 1. The summed E-state index contributed by atoms with van der Waals surface area (Å²) in [5, 5.41) is 2.94. The highest BCUT2D eigenvalue weighted by Crippen LogP contribution is 2.20. The molecule has 3 atom stereocenters. The number of carbonyl (C=O) groups excluding carboxylic acids is 1. The van der Waals surface area contributed by atoms with Crippen LogP contribution in [0, 0.1) is 11.8 Å². The summed E-state index contributed by atoms with van der Waals surface area (Å²) in [5.74, 6) is 0.983. The number of hydrogen-bond donors (Lipinski definition) is 1. The maximum atomic E-state index is 12.7. The first kappa shape index (κ1) is 24.6. The predicted octanol–water partition coefficient (Wildman–Crippen LogP) is 1.36. The summed E-state index contributed by atoms with van der Waals surface area (Å²) in [5.41, 5.74) is -0.407. The molecule has 0 saturated carbocycles. The Morgan fingerprint density at radius 1 is 1.20 bits per heavy atom. The van der Waals surface area contributed by atoms with Crippen LogP contribution in [0.2, 0.25) is 0 Å². The van der Waals surface area contributed by atoms with Crippen LogP contribution in [-0.2, 0) is 21.4 Å². The molecule has 1 N–H and O–H groups in total. The van der Waals surface area contributed by atoms with Crippen LogP contribution in [-0.4, -0.2) is 66.9 Å². The molecule has 2 heterocycles. The minimum absolute atomic E-state index is 0.0166. The van der Waals surface area contributed by atoms with Gasteiger partial charge in [0.15, 0.2) is 0 Å². The second-order valence-electron chi connectivity index (χ2n) is 8.55. The summed E-state index contributed by atoms with van der Waals surface area (Å²) in [6.45, 7) is 13.2. The van der Waals surface area contributed by atoms with Gasteiger partial charge in [0.25, 0.3) is 5.56 Å².